The third-order valence-electron chi connectivity index (χ3n) is 3.91. The third-order valence-corrected chi connectivity index (χ3v) is 3.91. The van der Waals surface area contributed by atoms with Gasteiger partial charge in [0.2, 0.25) is 5.91 Å². The van der Waals surface area contributed by atoms with Gasteiger partial charge >= 0.3 is 5.97 Å². The average molecular weight is 269 g/mol. The molecule has 0 spiro atoms. The summed E-state index contributed by atoms with van der Waals surface area (Å²) < 4.78 is 0. The van der Waals surface area contributed by atoms with Crippen molar-refractivity contribution in [3.05, 3.63) is 48.0 Å². The second-order valence-corrected chi connectivity index (χ2v) is 5.21. The first kappa shape index (κ1) is 12.7. The lowest BCUT2D eigenvalue weighted by Crippen LogP contribution is -2.36. The summed E-state index contributed by atoms with van der Waals surface area (Å²) in [7, 11) is 0. The summed E-state index contributed by atoms with van der Waals surface area (Å²) in [6, 6.07) is 13.8. The number of amides is 1. The standard InChI is InChI=1S/C16H15NO3/c18-14(16(8-9-16)15(19)20)17-10-12-6-3-5-11-4-1-2-7-13(11)12/h1-7H,8-10H2,(H,17,18)(H,19,20). The van der Waals surface area contributed by atoms with Crippen LogP contribution >= 0.6 is 0 Å². The van der Waals surface area contributed by atoms with Crippen LogP contribution in [0.5, 0.6) is 0 Å². The van der Waals surface area contributed by atoms with E-state index in [9.17, 15) is 9.59 Å². The summed E-state index contributed by atoms with van der Waals surface area (Å²) in [5.74, 6) is -1.40. The van der Waals surface area contributed by atoms with Gasteiger partial charge in [-0.3, -0.25) is 9.59 Å². The minimum atomic E-state index is -1.18. The van der Waals surface area contributed by atoms with Crippen LogP contribution < -0.4 is 5.32 Å². The zero-order valence-corrected chi connectivity index (χ0v) is 10.9. The molecule has 0 atom stereocenters. The molecule has 0 saturated heterocycles. The quantitative estimate of drug-likeness (QED) is 0.837. The Hall–Kier alpha value is -2.36. The topological polar surface area (TPSA) is 66.4 Å². The Morgan fingerprint density at radius 2 is 1.80 bits per heavy atom. The van der Waals surface area contributed by atoms with Gasteiger partial charge in [0.25, 0.3) is 0 Å². The molecule has 3 rings (SSSR count). The van der Waals surface area contributed by atoms with E-state index >= 15 is 0 Å². The fraction of sp³-hybridized carbons (Fsp3) is 0.250. The molecule has 0 unspecified atom stereocenters. The van der Waals surface area contributed by atoms with Crippen LogP contribution in [0.15, 0.2) is 42.5 Å². The molecule has 1 fully saturated rings. The van der Waals surface area contributed by atoms with Gasteiger partial charge in [-0.1, -0.05) is 42.5 Å². The highest BCUT2D eigenvalue weighted by Crippen LogP contribution is 2.46. The summed E-state index contributed by atoms with van der Waals surface area (Å²) in [6.07, 6.45) is 0.868. The van der Waals surface area contributed by atoms with Crippen molar-refractivity contribution >= 4 is 22.6 Å². The van der Waals surface area contributed by atoms with E-state index in [1.54, 1.807) is 0 Å². The van der Waals surface area contributed by atoms with Crippen LogP contribution in [0.2, 0.25) is 0 Å². The summed E-state index contributed by atoms with van der Waals surface area (Å²) >= 11 is 0. The predicted octanol–water partition coefficient (Wildman–Crippen LogP) is 2.32. The van der Waals surface area contributed by atoms with Crippen LogP contribution in [0.4, 0.5) is 0 Å². The van der Waals surface area contributed by atoms with Crippen LogP contribution in [-0.2, 0) is 16.1 Å². The van der Waals surface area contributed by atoms with Gasteiger partial charge in [-0.05, 0) is 29.2 Å². The second-order valence-electron chi connectivity index (χ2n) is 5.21. The molecule has 0 heterocycles. The van der Waals surface area contributed by atoms with E-state index in [1.807, 2.05) is 42.5 Å². The number of carboxylic acid groups (broad SMARTS) is 1. The lowest BCUT2D eigenvalue weighted by atomic mass is 10.0. The first-order valence-electron chi connectivity index (χ1n) is 6.62. The number of benzene rings is 2. The molecule has 1 amide bonds. The van der Waals surface area contributed by atoms with Gasteiger partial charge in [-0.15, -0.1) is 0 Å². The Balaban J connectivity index is 1.78. The summed E-state index contributed by atoms with van der Waals surface area (Å²) in [5, 5.41) is 14.0. The number of aliphatic carboxylic acids is 1. The minimum Gasteiger partial charge on any atom is -0.480 e. The molecule has 4 nitrogen and oxygen atoms in total. The largest absolute Gasteiger partial charge is 0.480 e. The molecule has 102 valence electrons. The van der Waals surface area contributed by atoms with Gasteiger partial charge in [0.1, 0.15) is 5.41 Å². The maximum absolute atomic E-state index is 12.0. The number of carbonyl (C=O) groups is 2. The van der Waals surface area contributed by atoms with Crippen molar-refractivity contribution in [2.24, 2.45) is 5.41 Å². The fourth-order valence-corrected chi connectivity index (χ4v) is 2.45. The number of hydrogen-bond acceptors (Lipinski definition) is 2. The summed E-state index contributed by atoms with van der Waals surface area (Å²) in [5.41, 5.74) is -0.178. The predicted molar refractivity (Wildman–Crippen MR) is 75.1 cm³/mol. The zero-order chi connectivity index (χ0) is 14.2. The maximum Gasteiger partial charge on any atom is 0.319 e. The molecule has 20 heavy (non-hydrogen) atoms. The Kier molecular flexibility index (Phi) is 2.93. The van der Waals surface area contributed by atoms with E-state index in [4.69, 9.17) is 5.11 Å². The number of hydrogen-bond donors (Lipinski definition) is 2. The zero-order valence-electron chi connectivity index (χ0n) is 10.9. The molecule has 1 aliphatic carbocycles. The first-order chi connectivity index (χ1) is 9.63. The van der Waals surface area contributed by atoms with Crippen LogP contribution in [0.25, 0.3) is 10.8 Å². The molecule has 0 aromatic heterocycles. The molecule has 1 aliphatic rings. The van der Waals surface area contributed by atoms with Crippen molar-refractivity contribution in [1.82, 2.24) is 5.32 Å². The molecule has 2 aromatic rings. The monoisotopic (exact) mass is 269 g/mol. The number of carbonyl (C=O) groups excluding carboxylic acids is 1. The highest BCUT2D eigenvalue weighted by Gasteiger charge is 2.56. The van der Waals surface area contributed by atoms with E-state index in [-0.39, 0.29) is 5.91 Å². The minimum absolute atomic E-state index is 0.356. The van der Waals surface area contributed by atoms with Crippen molar-refractivity contribution in [3.63, 3.8) is 0 Å². The van der Waals surface area contributed by atoms with E-state index in [2.05, 4.69) is 5.32 Å². The van der Waals surface area contributed by atoms with Crippen LogP contribution in [-0.4, -0.2) is 17.0 Å². The molecule has 2 aromatic carbocycles. The van der Waals surface area contributed by atoms with Crippen molar-refractivity contribution in [1.29, 1.82) is 0 Å². The second kappa shape index (κ2) is 4.63. The van der Waals surface area contributed by atoms with Gasteiger partial charge in [0, 0.05) is 6.54 Å². The van der Waals surface area contributed by atoms with Crippen LogP contribution in [0.3, 0.4) is 0 Å². The van der Waals surface area contributed by atoms with Crippen molar-refractivity contribution in [3.8, 4) is 0 Å². The van der Waals surface area contributed by atoms with Gasteiger partial charge in [0.15, 0.2) is 0 Å². The molecular formula is C16H15NO3. The Morgan fingerprint density at radius 3 is 2.50 bits per heavy atom. The van der Waals surface area contributed by atoms with Crippen LogP contribution in [0.1, 0.15) is 18.4 Å². The Morgan fingerprint density at radius 1 is 1.10 bits per heavy atom. The lowest BCUT2D eigenvalue weighted by molar-refractivity contribution is -0.149. The van der Waals surface area contributed by atoms with Gasteiger partial charge in [0.05, 0.1) is 0 Å². The Bertz CT molecular complexity index is 684. The number of nitrogens with one attached hydrogen (secondary N) is 1. The third kappa shape index (κ3) is 2.03. The Labute approximate surface area is 116 Å². The molecule has 0 aliphatic heterocycles. The first-order valence-corrected chi connectivity index (χ1v) is 6.62. The number of rotatable bonds is 4. The van der Waals surface area contributed by atoms with Crippen molar-refractivity contribution in [2.45, 2.75) is 19.4 Å². The maximum atomic E-state index is 12.0. The highest BCUT2D eigenvalue weighted by atomic mass is 16.4. The average Bonchev–Trinajstić information content (AvgIpc) is 3.26. The molecule has 2 N–H and O–H groups in total. The van der Waals surface area contributed by atoms with E-state index in [0.717, 1.165) is 16.3 Å². The van der Waals surface area contributed by atoms with Crippen molar-refractivity contribution < 1.29 is 14.7 Å². The van der Waals surface area contributed by atoms with E-state index in [1.165, 1.54) is 0 Å². The molecule has 1 saturated carbocycles. The van der Waals surface area contributed by atoms with Gasteiger partial charge in [-0.2, -0.15) is 0 Å². The molecule has 4 heteroatoms. The molecular weight excluding hydrogens is 254 g/mol. The normalized spacial score (nSPS) is 15.8. The van der Waals surface area contributed by atoms with Crippen molar-refractivity contribution in [2.75, 3.05) is 0 Å². The highest BCUT2D eigenvalue weighted by molar-refractivity contribution is 6.04. The number of carboxylic acids is 1. The fourth-order valence-electron chi connectivity index (χ4n) is 2.45. The van der Waals surface area contributed by atoms with Gasteiger partial charge < -0.3 is 10.4 Å². The van der Waals surface area contributed by atoms with E-state index in [0.29, 0.717) is 19.4 Å². The van der Waals surface area contributed by atoms with Gasteiger partial charge in [-0.25, -0.2) is 0 Å². The molecule has 0 bridgehead atoms. The van der Waals surface area contributed by atoms with Crippen LogP contribution in [0, 0.1) is 5.41 Å². The molecule has 0 radical (unpaired) electrons. The SMILES string of the molecule is O=C(O)C1(C(=O)NCc2cccc3ccccc23)CC1. The summed E-state index contributed by atoms with van der Waals surface area (Å²) in [4.78, 5) is 23.1. The lowest BCUT2D eigenvalue weighted by Gasteiger charge is -2.12. The smallest absolute Gasteiger partial charge is 0.319 e. The van der Waals surface area contributed by atoms with E-state index < -0.39 is 11.4 Å². The number of fused-ring (bicyclic) bond motifs is 1. The summed E-state index contributed by atoms with van der Waals surface area (Å²) in [6.45, 7) is 0.356.